The predicted octanol–water partition coefficient (Wildman–Crippen LogP) is 2.73. The molecule has 7 nitrogen and oxygen atoms in total. The zero-order valence-electron chi connectivity index (χ0n) is 14.8. The van der Waals surface area contributed by atoms with E-state index in [1.54, 1.807) is 45.0 Å². The number of hydrogen-bond donors (Lipinski definition) is 1. The molecule has 7 heteroatoms. The first-order chi connectivity index (χ1) is 11.6. The van der Waals surface area contributed by atoms with Gasteiger partial charge in [-0.2, -0.15) is 0 Å². The number of likely N-dealkylation sites (tertiary alicyclic amines) is 1. The van der Waals surface area contributed by atoms with E-state index in [4.69, 9.17) is 9.47 Å². The lowest BCUT2D eigenvalue weighted by Crippen LogP contribution is -2.43. The third kappa shape index (κ3) is 4.95. The van der Waals surface area contributed by atoms with Gasteiger partial charge in [0, 0.05) is 12.0 Å². The molecule has 1 N–H and O–H groups in total. The summed E-state index contributed by atoms with van der Waals surface area (Å²) in [5.41, 5.74) is -0.140. The average Bonchev–Trinajstić information content (AvgIpc) is 2.90. The number of benzene rings is 1. The molecule has 1 aromatic carbocycles. The molecule has 0 saturated carbocycles. The fourth-order valence-electron chi connectivity index (χ4n) is 2.60. The molecular weight excluding hydrogens is 326 g/mol. The summed E-state index contributed by atoms with van der Waals surface area (Å²) in [5, 5.41) is 9.37. The van der Waals surface area contributed by atoms with Crippen LogP contribution in [0, 0.1) is 0 Å². The summed E-state index contributed by atoms with van der Waals surface area (Å²) in [4.78, 5) is 36.2. The van der Waals surface area contributed by atoms with Crippen molar-refractivity contribution in [1.82, 2.24) is 4.90 Å². The first kappa shape index (κ1) is 18.8. The monoisotopic (exact) mass is 349 g/mol. The van der Waals surface area contributed by atoms with Crippen molar-refractivity contribution in [3.63, 3.8) is 0 Å². The van der Waals surface area contributed by atoms with Gasteiger partial charge in [0.1, 0.15) is 23.5 Å². The van der Waals surface area contributed by atoms with Crippen LogP contribution in [0.1, 0.15) is 44.5 Å². The third-order valence-electron chi connectivity index (χ3n) is 3.74. The van der Waals surface area contributed by atoms with E-state index in [1.807, 2.05) is 0 Å². The van der Waals surface area contributed by atoms with Gasteiger partial charge in [0.25, 0.3) is 0 Å². The largest absolute Gasteiger partial charge is 0.488 e. The molecule has 1 amide bonds. The Morgan fingerprint density at radius 1 is 1.16 bits per heavy atom. The van der Waals surface area contributed by atoms with Crippen LogP contribution in [-0.2, 0) is 9.53 Å². The van der Waals surface area contributed by atoms with E-state index in [-0.39, 0.29) is 18.7 Å². The zero-order valence-corrected chi connectivity index (χ0v) is 14.8. The second-order valence-corrected chi connectivity index (χ2v) is 7.04. The Hall–Kier alpha value is -2.57. The Morgan fingerprint density at radius 3 is 2.24 bits per heavy atom. The van der Waals surface area contributed by atoms with E-state index >= 15 is 0 Å². The van der Waals surface area contributed by atoms with Gasteiger partial charge >= 0.3 is 12.1 Å². The highest BCUT2D eigenvalue weighted by atomic mass is 16.6. The maximum absolute atomic E-state index is 12.2. The highest BCUT2D eigenvalue weighted by Crippen LogP contribution is 2.25. The molecular formula is C18H23NO6. The second kappa shape index (κ2) is 7.13. The van der Waals surface area contributed by atoms with Gasteiger partial charge in [-0.15, -0.1) is 0 Å². The number of ketones is 1. The number of amides is 1. The number of rotatable bonds is 4. The smallest absolute Gasteiger partial charge is 0.411 e. The standard InChI is InChI=1S/C18H23NO6/c1-11(20)12-5-7-13(8-6-12)24-14-9-15(16(21)22)19(10-14)17(23)25-18(2,3)4/h5-8,14-15H,9-10H2,1-4H3,(H,21,22)/t14-,15+/m1/s1. The number of aliphatic carboxylic acids is 1. The number of ether oxygens (including phenoxy) is 2. The van der Waals surface area contributed by atoms with Crippen LogP contribution in [0.3, 0.4) is 0 Å². The summed E-state index contributed by atoms with van der Waals surface area (Å²) < 4.78 is 11.1. The molecule has 0 aliphatic carbocycles. The topological polar surface area (TPSA) is 93.1 Å². The van der Waals surface area contributed by atoms with Gasteiger partial charge in [-0.3, -0.25) is 9.69 Å². The summed E-state index contributed by atoms with van der Waals surface area (Å²) in [7, 11) is 0. The number of carbonyl (C=O) groups excluding carboxylic acids is 2. The fourth-order valence-corrected chi connectivity index (χ4v) is 2.60. The van der Waals surface area contributed by atoms with Gasteiger partial charge in [0.2, 0.25) is 0 Å². The zero-order chi connectivity index (χ0) is 18.8. The van der Waals surface area contributed by atoms with Crippen molar-refractivity contribution in [2.75, 3.05) is 6.54 Å². The van der Waals surface area contributed by atoms with Crippen molar-refractivity contribution < 1.29 is 29.0 Å². The lowest BCUT2D eigenvalue weighted by atomic mass is 10.1. The minimum atomic E-state index is -1.09. The minimum absolute atomic E-state index is 0.0468. The van der Waals surface area contributed by atoms with Gasteiger partial charge in [-0.25, -0.2) is 9.59 Å². The van der Waals surface area contributed by atoms with Crippen LogP contribution < -0.4 is 4.74 Å². The van der Waals surface area contributed by atoms with Crippen molar-refractivity contribution in [3.05, 3.63) is 29.8 Å². The van der Waals surface area contributed by atoms with Gasteiger partial charge in [0.15, 0.2) is 5.78 Å². The van der Waals surface area contributed by atoms with Crippen LogP contribution in [0.2, 0.25) is 0 Å². The minimum Gasteiger partial charge on any atom is -0.488 e. The quantitative estimate of drug-likeness (QED) is 0.840. The van der Waals surface area contributed by atoms with Crippen LogP contribution in [0.4, 0.5) is 4.79 Å². The van der Waals surface area contributed by atoms with Crippen molar-refractivity contribution in [2.45, 2.75) is 51.9 Å². The molecule has 1 fully saturated rings. The second-order valence-electron chi connectivity index (χ2n) is 7.04. The van der Waals surface area contributed by atoms with E-state index in [2.05, 4.69) is 0 Å². The molecule has 1 saturated heterocycles. The van der Waals surface area contributed by atoms with E-state index in [1.165, 1.54) is 11.8 Å². The first-order valence-electron chi connectivity index (χ1n) is 8.07. The van der Waals surface area contributed by atoms with Crippen molar-refractivity contribution in [1.29, 1.82) is 0 Å². The molecule has 0 unspecified atom stereocenters. The number of hydrogen-bond acceptors (Lipinski definition) is 5. The van der Waals surface area contributed by atoms with Gasteiger partial charge < -0.3 is 14.6 Å². The number of carbonyl (C=O) groups is 3. The van der Waals surface area contributed by atoms with E-state index in [9.17, 15) is 19.5 Å². The van der Waals surface area contributed by atoms with E-state index < -0.39 is 29.8 Å². The van der Waals surface area contributed by atoms with Gasteiger partial charge in [-0.1, -0.05) is 0 Å². The Bertz CT molecular complexity index is 661. The third-order valence-corrected chi connectivity index (χ3v) is 3.74. The molecule has 0 radical (unpaired) electrons. The normalized spacial score (nSPS) is 20.2. The van der Waals surface area contributed by atoms with Crippen molar-refractivity contribution in [2.24, 2.45) is 0 Å². The number of carboxylic acid groups (broad SMARTS) is 1. The van der Waals surface area contributed by atoms with Crippen LogP contribution in [-0.4, -0.2) is 52.1 Å². The lowest BCUT2D eigenvalue weighted by Gasteiger charge is -2.26. The van der Waals surface area contributed by atoms with E-state index in [0.717, 1.165) is 0 Å². The molecule has 1 heterocycles. The Balaban J connectivity index is 2.07. The fraction of sp³-hybridized carbons (Fsp3) is 0.500. The molecule has 0 bridgehead atoms. The molecule has 136 valence electrons. The van der Waals surface area contributed by atoms with Gasteiger partial charge in [0.05, 0.1) is 6.54 Å². The summed E-state index contributed by atoms with van der Waals surface area (Å²) in [6.07, 6.45) is -0.960. The summed E-state index contributed by atoms with van der Waals surface area (Å²) >= 11 is 0. The van der Waals surface area contributed by atoms with Crippen LogP contribution in [0.15, 0.2) is 24.3 Å². The highest BCUT2D eigenvalue weighted by molar-refractivity contribution is 5.94. The molecule has 1 aromatic rings. The summed E-state index contributed by atoms with van der Waals surface area (Å²) in [6, 6.07) is 5.61. The Morgan fingerprint density at radius 2 is 1.76 bits per heavy atom. The molecule has 1 aliphatic heterocycles. The number of Topliss-reactive ketones (excluding diaryl/α,β-unsaturated/α-hetero) is 1. The molecule has 25 heavy (non-hydrogen) atoms. The average molecular weight is 349 g/mol. The SMILES string of the molecule is CC(=O)c1ccc(O[C@@H]2C[C@@H](C(=O)O)N(C(=O)OC(C)(C)C)C2)cc1. The number of carboxylic acids is 1. The maximum atomic E-state index is 12.2. The molecule has 2 rings (SSSR count). The first-order valence-corrected chi connectivity index (χ1v) is 8.07. The Labute approximate surface area is 146 Å². The summed E-state index contributed by atoms with van der Waals surface area (Å²) in [5.74, 6) is -0.622. The van der Waals surface area contributed by atoms with Crippen molar-refractivity contribution in [3.8, 4) is 5.75 Å². The Kier molecular flexibility index (Phi) is 5.35. The van der Waals surface area contributed by atoms with Crippen LogP contribution in [0.25, 0.3) is 0 Å². The summed E-state index contributed by atoms with van der Waals surface area (Å²) in [6.45, 7) is 6.77. The maximum Gasteiger partial charge on any atom is 0.411 e. The molecule has 2 atom stereocenters. The predicted molar refractivity (Wildman–Crippen MR) is 89.8 cm³/mol. The van der Waals surface area contributed by atoms with Gasteiger partial charge in [-0.05, 0) is 52.0 Å². The molecule has 0 aromatic heterocycles. The van der Waals surface area contributed by atoms with E-state index in [0.29, 0.717) is 11.3 Å². The molecule has 1 aliphatic rings. The number of nitrogens with zero attached hydrogens (tertiary/aromatic N) is 1. The highest BCUT2D eigenvalue weighted by Gasteiger charge is 2.42. The van der Waals surface area contributed by atoms with Crippen LogP contribution >= 0.6 is 0 Å². The van der Waals surface area contributed by atoms with Crippen molar-refractivity contribution >= 4 is 17.8 Å². The van der Waals surface area contributed by atoms with Crippen LogP contribution in [0.5, 0.6) is 5.75 Å². The lowest BCUT2D eigenvalue weighted by molar-refractivity contribution is -0.142. The molecule has 0 spiro atoms.